The molecule has 0 saturated carbocycles. The minimum Gasteiger partial charge on any atom is -0.474 e. The van der Waals surface area contributed by atoms with E-state index in [1.54, 1.807) is 11.9 Å². The van der Waals surface area contributed by atoms with Crippen molar-refractivity contribution in [3.05, 3.63) is 47.4 Å². The van der Waals surface area contributed by atoms with Crippen LogP contribution < -0.4 is 5.32 Å². The highest BCUT2D eigenvalue weighted by Gasteiger charge is 2.46. The topological polar surface area (TPSA) is 82.2 Å². The van der Waals surface area contributed by atoms with Gasteiger partial charge in [-0.05, 0) is 44.1 Å². The van der Waals surface area contributed by atoms with Gasteiger partial charge in [0.05, 0.1) is 21.6 Å². The zero-order valence-electron chi connectivity index (χ0n) is 19.2. The number of carbonyl (C=O) groups is 3. The van der Waals surface area contributed by atoms with Crippen LogP contribution in [0, 0.1) is 0 Å². The summed E-state index contributed by atoms with van der Waals surface area (Å²) < 4.78 is 5.32. The van der Waals surface area contributed by atoms with Crippen molar-refractivity contribution in [3.63, 3.8) is 0 Å². The summed E-state index contributed by atoms with van der Waals surface area (Å²) in [6, 6.07) is 0.527. The third kappa shape index (κ3) is 4.78. The molecule has 0 aromatic carbocycles. The second-order valence-corrected chi connectivity index (χ2v) is 9.32. The third-order valence-electron chi connectivity index (χ3n) is 7.00. The van der Waals surface area contributed by atoms with Crippen LogP contribution in [0.1, 0.15) is 38.5 Å². The number of rotatable bonds is 6. The molecule has 4 aliphatic rings. The maximum absolute atomic E-state index is 13.4. The lowest BCUT2D eigenvalue weighted by molar-refractivity contribution is -0.146. The molecule has 3 heterocycles. The lowest BCUT2D eigenvalue weighted by Gasteiger charge is -2.50. The van der Waals surface area contributed by atoms with Gasteiger partial charge in [-0.3, -0.25) is 19.3 Å². The van der Waals surface area contributed by atoms with Gasteiger partial charge in [-0.15, -0.1) is 0 Å². The van der Waals surface area contributed by atoms with E-state index in [2.05, 4.69) is 28.9 Å². The van der Waals surface area contributed by atoms with Gasteiger partial charge in [-0.1, -0.05) is 24.8 Å². The average molecular weight is 473 g/mol. The molecule has 3 atom stereocenters. The summed E-state index contributed by atoms with van der Waals surface area (Å²) in [4.78, 5) is 45.3. The van der Waals surface area contributed by atoms with E-state index in [0.29, 0.717) is 25.7 Å². The fourth-order valence-electron chi connectivity index (χ4n) is 5.23. The van der Waals surface area contributed by atoms with E-state index in [0.717, 1.165) is 44.2 Å². The van der Waals surface area contributed by atoms with Crippen LogP contribution in [0.5, 0.6) is 0 Å². The Labute approximate surface area is 197 Å². The minimum atomic E-state index is -0.683. The van der Waals surface area contributed by atoms with Crippen LogP contribution in [0.3, 0.4) is 0 Å². The van der Waals surface area contributed by atoms with Crippen LogP contribution in [-0.4, -0.2) is 77.7 Å². The molecule has 3 saturated heterocycles. The maximum atomic E-state index is 13.4. The Kier molecular flexibility index (Phi) is 7.35. The van der Waals surface area contributed by atoms with E-state index in [-0.39, 0.29) is 29.1 Å². The minimum absolute atomic E-state index is 0.000709. The highest BCUT2D eigenvalue weighted by molar-refractivity contribution is 7.10. The van der Waals surface area contributed by atoms with Gasteiger partial charge >= 0.3 is 0 Å². The summed E-state index contributed by atoms with van der Waals surface area (Å²) in [7, 11) is 3.82. The summed E-state index contributed by atoms with van der Waals surface area (Å²) >= 11 is 0. The average Bonchev–Trinajstić information content (AvgIpc) is 3.15. The van der Waals surface area contributed by atoms with Gasteiger partial charge in [0.2, 0.25) is 5.78 Å². The molecule has 1 N–H and O–H groups in total. The van der Waals surface area contributed by atoms with E-state index < -0.39 is 11.7 Å². The second kappa shape index (κ2) is 10.2. The number of ketones is 1. The number of hydrogen-bond donors (Lipinski definition) is 1. The number of likely N-dealkylation sites (N-methyl/N-ethyl adjacent to an activating group) is 1. The standard InChI is InChI=1S/C24H33N4O4P/c1-16(23(30)25-14-17-8-5-3-4-6-9-17)21(29)22(32-33)20-24(31)28-13-11-18-10-7-12-27(18)19(28)15-26(20)2/h5,8-9,18-19H,1,3-4,6-7,10-15,33H2,2H3,(H,25,30)/b22-20+. The summed E-state index contributed by atoms with van der Waals surface area (Å²) in [6.45, 7) is 6.25. The van der Waals surface area contributed by atoms with Crippen molar-refractivity contribution in [3.8, 4) is 0 Å². The number of fused-ring (bicyclic) bond motifs is 3. The highest BCUT2D eigenvalue weighted by atomic mass is 31.0. The number of piperazine rings is 1. The Morgan fingerprint density at radius 1 is 1.24 bits per heavy atom. The molecule has 0 spiro atoms. The van der Waals surface area contributed by atoms with E-state index in [9.17, 15) is 14.4 Å². The van der Waals surface area contributed by atoms with E-state index >= 15 is 0 Å². The Balaban J connectivity index is 1.49. The van der Waals surface area contributed by atoms with Crippen molar-refractivity contribution < 1.29 is 18.9 Å². The van der Waals surface area contributed by atoms with Gasteiger partial charge in [0.1, 0.15) is 11.9 Å². The normalized spacial score (nSPS) is 26.7. The van der Waals surface area contributed by atoms with Crippen LogP contribution >= 0.6 is 9.47 Å². The molecule has 3 aliphatic heterocycles. The monoisotopic (exact) mass is 472 g/mol. The maximum Gasteiger partial charge on any atom is 0.275 e. The first-order chi connectivity index (χ1) is 15.9. The molecule has 0 radical (unpaired) electrons. The lowest BCUT2D eigenvalue weighted by atomic mass is 10.0. The molecule has 33 heavy (non-hydrogen) atoms. The van der Waals surface area contributed by atoms with Gasteiger partial charge < -0.3 is 19.6 Å². The van der Waals surface area contributed by atoms with Crippen molar-refractivity contribution in [1.29, 1.82) is 0 Å². The first kappa shape index (κ1) is 23.7. The number of hydrogen-bond acceptors (Lipinski definition) is 6. The predicted molar refractivity (Wildman–Crippen MR) is 129 cm³/mol. The predicted octanol–water partition coefficient (Wildman–Crippen LogP) is 1.88. The zero-order chi connectivity index (χ0) is 23.5. The summed E-state index contributed by atoms with van der Waals surface area (Å²) in [5.41, 5.74) is 0.924. The molecule has 2 amide bonds. The molecule has 1 aliphatic carbocycles. The zero-order valence-corrected chi connectivity index (χ0v) is 20.4. The number of carbonyl (C=O) groups excluding carboxylic acids is 3. The van der Waals surface area contributed by atoms with Crippen molar-refractivity contribution in [1.82, 2.24) is 20.0 Å². The Hall–Kier alpha value is -2.44. The first-order valence-corrected chi connectivity index (χ1v) is 12.2. The van der Waals surface area contributed by atoms with Crippen LogP contribution in [0.2, 0.25) is 0 Å². The second-order valence-electron chi connectivity index (χ2n) is 9.08. The fourth-order valence-corrected chi connectivity index (χ4v) is 5.44. The molecule has 8 nitrogen and oxygen atoms in total. The Bertz CT molecular complexity index is 941. The Morgan fingerprint density at radius 3 is 2.85 bits per heavy atom. The largest absolute Gasteiger partial charge is 0.474 e. The summed E-state index contributed by atoms with van der Waals surface area (Å²) in [5.74, 6) is -1.66. The smallest absolute Gasteiger partial charge is 0.275 e. The summed E-state index contributed by atoms with van der Waals surface area (Å²) in [6.07, 6.45) is 12.5. The van der Waals surface area contributed by atoms with E-state index in [4.69, 9.17) is 4.52 Å². The molecular formula is C24H33N4O4P. The van der Waals surface area contributed by atoms with Gasteiger partial charge in [0.25, 0.3) is 11.8 Å². The van der Waals surface area contributed by atoms with Gasteiger partial charge in [-0.25, -0.2) is 0 Å². The molecule has 0 aromatic heterocycles. The summed E-state index contributed by atoms with van der Waals surface area (Å²) in [5, 5.41) is 2.76. The number of nitrogens with zero attached hydrogens (tertiary/aromatic N) is 3. The number of allylic oxidation sites excluding steroid dienone is 3. The molecule has 0 bridgehead atoms. The Morgan fingerprint density at radius 2 is 2.06 bits per heavy atom. The number of Topliss-reactive ketones (excluding diaryl/α,β-unsaturated/α-hetero) is 1. The van der Waals surface area contributed by atoms with E-state index in [1.165, 1.54) is 6.42 Å². The molecule has 178 valence electrons. The molecule has 0 aromatic rings. The SMILES string of the molecule is C=C(C(=O)NCC1=CCCCC=C1)C(=O)/C(OP)=C1/C(=O)N2CCC3CCCN3C2CN1C. The molecule has 4 rings (SSSR count). The highest BCUT2D eigenvalue weighted by Crippen LogP contribution is 2.34. The van der Waals surface area contributed by atoms with E-state index in [1.807, 2.05) is 20.4 Å². The van der Waals surface area contributed by atoms with Gasteiger partial charge in [-0.2, -0.15) is 0 Å². The number of nitrogens with one attached hydrogen (secondary N) is 1. The number of amides is 2. The third-order valence-corrected chi connectivity index (χ3v) is 7.24. The molecular weight excluding hydrogens is 439 g/mol. The van der Waals surface area contributed by atoms with Crippen LogP contribution in [0.25, 0.3) is 0 Å². The van der Waals surface area contributed by atoms with Crippen molar-refractivity contribution in [2.24, 2.45) is 0 Å². The molecule has 9 heteroatoms. The molecule has 3 fully saturated rings. The quantitative estimate of drug-likeness (QED) is 0.209. The van der Waals surface area contributed by atoms with Crippen molar-refractivity contribution >= 4 is 27.1 Å². The molecule has 3 unspecified atom stereocenters. The van der Waals surface area contributed by atoms with Gasteiger partial charge in [0, 0.05) is 32.7 Å². The fraction of sp³-hybridized carbons (Fsp3) is 0.542. The van der Waals surface area contributed by atoms with Crippen molar-refractivity contribution in [2.75, 3.05) is 33.2 Å². The van der Waals surface area contributed by atoms with Gasteiger partial charge in [0.15, 0.2) is 5.76 Å². The van der Waals surface area contributed by atoms with Crippen LogP contribution in [0.4, 0.5) is 0 Å². The van der Waals surface area contributed by atoms with Crippen molar-refractivity contribution in [2.45, 2.75) is 50.7 Å². The van der Waals surface area contributed by atoms with Crippen LogP contribution in [-0.2, 0) is 18.9 Å². The lowest BCUT2D eigenvalue weighted by Crippen LogP contribution is -2.65. The van der Waals surface area contributed by atoms with Crippen LogP contribution in [0.15, 0.2) is 47.4 Å². The first-order valence-electron chi connectivity index (χ1n) is 11.7.